The summed E-state index contributed by atoms with van der Waals surface area (Å²) in [5, 5.41) is 8.96. The van der Waals surface area contributed by atoms with Crippen molar-refractivity contribution in [3.63, 3.8) is 0 Å². The van der Waals surface area contributed by atoms with E-state index in [1.165, 1.54) is 12.1 Å². The first kappa shape index (κ1) is 14.7. The second-order valence-electron chi connectivity index (χ2n) is 5.06. The Morgan fingerprint density at radius 3 is 2.45 bits per heavy atom. The Morgan fingerprint density at radius 1 is 1.30 bits per heavy atom. The molecule has 0 spiro atoms. The molecule has 0 aromatic heterocycles. The van der Waals surface area contributed by atoms with Gasteiger partial charge in [0.25, 0.3) is 0 Å². The fourth-order valence-electron chi connectivity index (χ4n) is 2.92. The van der Waals surface area contributed by atoms with E-state index in [4.69, 9.17) is 5.26 Å². The SMILES string of the molecule is CCN(c1ccc(C(F)(F)F)c(C#N)c1)C1CCCC1. The molecule has 1 saturated carbocycles. The first-order chi connectivity index (χ1) is 9.47. The van der Waals surface area contributed by atoms with Gasteiger partial charge in [-0.3, -0.25) is 0 Å². The van der Waals surface area contributed by atoms with Gasteiger partial charge in [-0.15, -0.1) is 0 Å². The molecule has 0 heterocycles. The molecular formula is C15H17F3N2. The van der Waals surface area contributed by atoms with E-state index < -0.39 is 11.7 Å². The van der Waals surface area contributed by atoms with Crippen molar-refractivity contribution in [1.82, 2.24) is 0 Å². The van der Waals surface area contributed by atoms with Crippen molar-refractivity contribution in [2.24, 2.45) is 0 Å². The average Bonchev–Trinajstić information content (AvgIpc) is 2.92. The van der Waals surface area contributed by atoms with Gasteiger partial charge in [0, 0.05) is 18.3 Å². The maximum absolute atomic E-state index is 12.8. The molecule has 0 amide bonds. The van der Waals surface area contributed by atoms with Crippen LogP contribution in [0.5, 0.6) is 0 Å². The van der Waals surface area contributed by atoms with E-state index in [2.05, 4.69) is 4.90 Å². The van der Waals surface area contributed by atoms with Gasteiger partial charge in [0.05, 0.1) is 17.2 Å². The lowest BCUT2D eigenvalue weighted by atomic mass is 10.1. The zero-order valence-electron chi connectivity index (χ0n) is 11.4. The number of rotatable bonds is 3. The maximum atomic E-state index is 12.8. The lowest BCUT2D eigenvalue weighted by Gasteiger charge is -2.30. The molecular weight excluding hydrogens is 265 g/mol. The van der Waals surface area contributed by atoms with E-state index in [9.17, 15) is 13.2 Å². The van der Waals surface area contributed by atoms with Crippen LogP contribution in [0.15, 0.2) is 18.2 Å². The van der Waals surface area contributed by atoms with Crippen LogP contribution >= 0.6 is 0 Å². The monoisotopic (exact) mass is 282 g/mol. The van der Waals surface area contributed by atoms with Gasteiger partial charge in [-0.05, 0) is 38.0 Å². The number of anilines is 1. The fourth-order valence-corrected chi connectivity index (χ4v) is 2.92. The molecule has 0 radical (unpaired) electrons. The van der Waals surface area contributed by atoms with Crippen molar-refractivity contribution in [1.29, 1.82) is 5.26 Å². The van der Waals surface area contributed by atoms with E-state index in [1.54, 1.807) is 6.07 Å². The Labute approximate surface area is 116 Å². The molecule has 1 aromatic rings. The molecule has 0 saturated heterocycles. The Kier molecular flexibility index (Phi) is 4.22. The third kappa shape index (κ3) is 2.90. The normalized spacial score (nSPS) is 16.1. The summed E-state index contributed by atoms with van der Waals surface area (Å²) < 4.78 is 38.4. The van der Waals surface area contributed by atoms with E-state index in [1.807, 2.05) is 6.92 Å². The largest absolute Gasteiger partial charge is 0.417 e. The molecule has 2 nitrogen and oxygen atoms in total. The van der Waals surface area contributed by atoms with Crippen molar-refractivity contribution in [3.05, 3.63) is 29.3 Å². The zero-order chi connectivity index (χ0) is 14.8. The third-order valence-electron chi connectivity index (χ3n) is 3.87. The molecule has 1 fully saturated rings. The molecule has 108 valence electrons. The van der Waals surface area contributed by atoms with Crippen LogP contribution in [0.2, 0.25) is 0 Å². The summed E-state index contributed by atoms with van der Waals surface area (Å²) in [6, 6.07) is 5.91. The molecule has 5 heteroatoms. The first-order valence-electron chi connectivity index (χ1n) is 6.85. The van der Waals surface area contributed by atoms with Crippen LogP contribution in [0.1, 0.15) is 43.7 Å². The standard InChI is InChI=1S/C15H17F3N2/c1-2-20(12-5-3-4-6-12)13-7-8-14(15(16,17)18)11(9-13)10-19/h7-9,12H,2-6H2,1H3. The highest BCUT2D eigenvalue weighted by Crippen LogP contribution is 2.35. The Bertz CT molecular complexity index is 511. The molecule has 1 aliphatic carbocycles. The molecule has 20 heavy (non-hydrogen) atoms. The first-order valence-corrected chi connectivity index (χ1v) is 6.85. The van der Waals surface area contributed by atoms with Gasteiger partial charge in [0.1, 0.15) is 0 Å². The summed E-state index contributed by atoms with van der Waals surface area (Å²) in [6.45, 7) is 2.73. The van der Waals surface area contributed by atoms with Gasteiger partial charge in [-0.25, -0.2) is 0 Å². The van der Waals surface area contributed by atoms with Gasteiger partial charge >= 0.3 is 6.18 Å². The van der Waals surface area contributed by atoms with Crippen LogP contribution < -0.4 is 4.90 Å². The fraction of sp³-hybridized carbons (Fsp3) is 0.533. The molecule has 0 bridgehead atoms. The van der Waals surface area contributed by atoms with Crippen molar-refractivity contribution in [3.8, 4) is 6.07 Å². The molecule has 0 atom stereocenters. The van der Waals surface area contributed by atoms with E-state index in [0.717, 1.165) is 38.3 Å². The number of halogens is 3. The van der Waals surface area contributed by atoms with Gasteiger partial charge in [0.2, 0.25) is 0 Å². The van der Waals surface area contributed by atoms with E-state index in [0.29, 0.717) is 11.7 Å². The smallest absolute Gasteiger partial charge is 0.369 e. The summed E-state index contributed by atoms with van der Waals surface area (Å²) in [4.78, 5) is 2.11. The summed E-state index contributed by atoms with van der Waals surface area (Å²) in [7, 11) is 0. The van der Waals surface area contributed by atoms with Crippen molar-refractivity contribution in [2.45, 2.75) is 44.8 Å². The molecule has 1 aromatic carbocycles. The van der Waals surface area contributed by atoms with Gasteiger partial charge in [0.15, 0.2) is 0 Å². The summed E-state index contributed by atoms with van der Waals surface area (Å²) in [5.74, 6) is 0. The number of nitriles is 1. The minimum Gasteiger partial charge on any atom is -0.369 e. The Hall–Kier alpha value is -1.70. The third-order valence-corrected chi connectivity index (χ3v) is 3.87. The zero-order valence-corrected chi connectivity index (χ0v) is 11.4. The Balaban J connectivity index is 2.35. The molecule has 1 aliphatic rings. The van der Waals surface area contributed by atoms with Crippen molar-refractivity contribution in [2.75, 3.05) is 11.4 Å². The van der Waals surface area contributed by atoms with Crippen molar-refractivity contribution >= 4 is 5.69 Å². The minimum atomic E-state index is -4.48. The molecule has 0 aliphatic heterocycles. The number of nitrogens with zero attached hydrogens (tertiary/aromatic N) is 2. The van der Waals surface area contributed by atoms with E-state index >= 15 is 0 Å². The topological polar surface area (TPSA) is 27.0 Å². The van der Waals surface area contributed by atoms with E-state index in [-0.39, 0.29) is 5.56 Å². The van der Waals surface area contributed by atoms with Crippen LogP contribution in [0.4, 0.5) is 18.9 Å². The second kappa shape index (κ2) is 5.74. The summed E-state index contributed by atoms with van der Waals surface area (Å²) in [5.41, 5.74) is -0.443. The number of hydrogen-bond donors (Lipinski definition) is 0. The number of alkyl halides is 3. The number of benzene rings is 1. The van der Waals surface area contributed by atoms with Crippen LogP contribution in [-0.2, 0) is 6.18 Å². The average molecular weight is 282 g/mol. The highest BCUT2D eigenvalue weighted by molar-refractivity contribution is 5.56. The Morgan fingerprint density at radius 2 is 1.95 bits per heavy atom. The molecule has 2 rings (SSSR count). The summed E-state index contributed by atoms with van der Waals surface area (Å²) in [6.07, 6.45) is -0.0265. The van der Waals surface area contributed by atoms with Gasteiger partial charge in [-0.2, -0.15) is 18.4 Å². The van der Waals surface area contributed by atoms with Crippen LogP contribution in [-0.4, -0.2) is 12.6 Å². The lowest BCUT2D eigenvalue weighted by Crippen LogP contribution is -2.33. The molecule has 0 N–H and O–H groups in total. The summed E-state index contributed by atoms with van der Waals surface area (Å²) >= 11 is 0. The second-order valence-corrected chi connectivity index (χ2v) is 5.06. The lowest BCUT2D eigenvalue weighted by molar-refractivity contribution is -0.137. The highest BCUT2D eigenvalue weighted by atomic mass is 19.4. The number of hydrogen-bond acceptors (Lipinski definition) is 2. The van der Waals surface area contributed by atoms with Crippen LogP contribution in [0.25, 0.3) is 0 Å². The molecule has 0 unspecified atom stereocenters. The predicted molar refractivity (Wildman–Crippen MR) is 71.4 cm³/mol. The minimum absolute atomic E-state index is 0.300. The van der Waals surface area contributed by atoms with Crippen molar-refractivity contribution < 1.29 is 13.2 Å². The van der Waals surface area contributed by atoms with Crippen LogP contribution in [0.3, 0.4) is 0 Å². The van der Waals surface area contributed by atoms with Gasteiger partial charge in [-0.1, -0.05) is 12.8 Å². The quantitative estimate of drug-likeness (QED) is 0.824. The van der Waals surface area contributed by atoms with Gasteiger partial charge < -0.3 is 4.90 Å². The predicted octanol–water partition coefficient (Wildman–Crippen LogP) is 4.35. The van der Waals surface area contributed by atoms with Crippen LogP contribution in [0, 0.1) is 11.3 Å². The highest BCUT2D eigenvalue weighted by Gasteiger charge is 2.34. The maximum Gasteiger partial charge on any atom is 0.417 e.